The largest absolute Gasteiger partial charge is 0.256 e. The van der Waals surface area contributed by atoms with Crippen molar-refractivity contribution in [1.82, 2.24) is 15.0 Å². The molecule has 30 heavy (non-hydrogen) atoms. The van der Waals surface area contributed by atoms with Crippen molar-refractivity contribution < 1.29 is 0 Å². The van der Waals surface area contributed by atoms with Gasteiger partial charge >= 0.3 is 0 Å². The van der Waals surface area contributed by atoms with Crippen LogP contribution in [0, 0.1) is 0 Å². The highest BCUT2D eigenvalue weighted by Gasteiger charge is 2.13. The van der Waals surface area contributed by atoms with Crippen molar-refractivity contribution in [1.29, 1.82) is 0 Å². The molecule has 0 saturated heterocycles. The van der Waals surface area contributed by atoms with Gasteiger partial charge in [-0.3, -0.25) is 9.97 Å². The van der Waals surface area contributed by atoms with Gasteiger partial charge in [0.1, 0.15) is 0 Å². The van der Waals surface area contributed by atoms with Crippen LogP contribution in [0.2, 0.25) is 0 Å². The third-order valence-corrected chi connectivity index (χ3v) is 5.54. The zero-order valence-corrected chi connectivity index (χ0v) is 16.2. The van der Waals surface area contributed by atoms with Gasteiger partial charge in [0.15, 0.2) is 0 Å². The minimum Gasteiger partial charge on any atom is -0.256 e. The Labute approximate surface area is 173 Å². The number of hydrogen-bond donors (Lipinski definition) is 0. The molecule has 6 aromatic rings. The van der Waals surface area contributed by atoms with Gasteiger partial charge in [0, 0.05) is 34.1 Å². The standard InChI is InChI=1S/C27H17N3/c1-2-6-18(7-3-1)22-17-26(20-10-11-23-19(16-20)8-4-14-28-23)30-25-13-12-24-21(27(22)25)9-5-15-29-24/h1-17H. The molecule has 3 aromatic heterocycles. The highest BCUT2D eigenvalue weighted by Crippen LogP contribution is 2.36. The Bertz CT molecular complexity index is 1540. The fourth-order valence-electron chi connectivity index (χ4n) is 4.12. The lowest BCUT2D eigenvalue weighted by Crippen LogP contribution is -1.92. The zero-order chi connectivity index (χ0) is 19.9. The molecule has 140 valence electrons. The first-order chi connectivity index (χ1) is 14.9. The summed E-state index contributed by atoms with van der Waals surface area (Å²) >= 11 is 0. The number of hydrogen-bond acceptors (Lipinski definition) is 3. The van der Waals surface area contributed by atoms with Crippen LogP contribution >= 0.6 is 0 Å². The first-order valence-electron chi connectivity index (χ1n) is 9.96. The number of pyridine rings is 3. The Balaban J connectivity index is 1.69. The molecule has 0 aliphatic carbocycles. The maximum absolute atomic E-state index is 5.04. The summed E-state index contributed by atoms with van der Waals surface area (Å²) in [6.07, 6.45) is 3.66. The third-order valence-electron chi connectivity index (χ3n) is 5.54. The Hall–Kier alpha value is -4.11. The van der Waals surface area contributed by atoms with E-state index in [1.54, 1.807) is 0 Å². The Morgan fingerprint density at radius 1 is 0.533 bits per heavy atom. The molecular weight excluding hydrogens is 366 g/mol. The second kappa shape index (κ2) is 6.75. The summed E-state index contributed by atoms with van der Waals surface area (Å²) in [5, 5.41) is 3.37. The summed E-state index contributed by atoms with van der Waals surface area (Å²) in [6.45, 7) is 0. The van der Waals surface area contributed by atoms with Gasteiger partial charge < -0.3 is 0 Å². The van der Waals surface area contributed by atoms with Gasteiger partial charge in [-0.25, -0.2) is 4.98 Å². The molecule has 3 heteroatoms. The smallest absolute Gasteiger partial charge is 0.0723 e. The third kappa shape index (κ3) is 2.72. The molecule has 3 nitrogen and oxygen atoms in total. The van der Waals surface area contributed by atoms with Gasteiger partial charge in [0.05, 0.1) is 22.2 Å². The summed E-state index contributed by atoms with van der Waals surface area (Å²) in [5.74, 6) is 0. The van der Waals surface area contributed by atoms with Crippen LogP contribution in [0.4, 0.5) is 0 Å². The van der Waals surface area contributed by atoms with Gasteiger partial charge in [0.2, 0.25) is 0 Å². The molecule has 0 unspecified atom stereocenters. The number of benzene rings is 3. The van der Waals surface area contributed by atoms with Crippen LogP contribution in [0.1, 0.15) is 0 Å². The van der Waals surface area contributed by atoms with E-state index in [-0.39, 0.29) is 0 Å². The number of rotatable bonds is 2. The van der Waals surface area contributed by atoms with Gasteiger partial charge in [-0.15, -0.1) is 0 Å². The van der Waals surface area contributed by atoms with Crippen molar-refractivity contribution in [2.75, 3.05) is 0 Å². The number of aromatic nitrogens is 3. The lowest BCUT2D eigenvalue weighted by Gasteiger charge is -2.13. The van der Waals surface area contributed by atoms with E-state index in [9.17, 15) is 0 Å². The van der Waals surface area contributed by atoms with Crippen LogP contribution in [0.25, 0.3) is 55.1 Å². The summed E-state index contributed by atoms with van der Waals surface area (Å²) in [4.78, 5) is 14.0. The molecule has 0 spiro atoms. The van der Waals surface area contributed by atoms with E-state index in [2.05, 4.69) is 76.7 Å². The van der Waals surface area contributed by atoms with Crippen LogP contribution in [0.15, 0.2) is 103 Å². The van der Waals surface area contributed by atoms with E-state index < -0.39 is 0 Å². The summed E-state index contributed by atoms with van der Waals surface area (Å²) in [6, 6.07) is 31.3. The second-order valence-electron chi connectivity index (χ2n) is 7.36. The van der Waals surface area contributed by atoms with E-state index in [0.29, 0.717) is 0 Å². The highest BCUT2D eigenvalue weighted by molar-refractivity contribution is 6.12. The lowest BCUT2D eigenvalue weighted by atomic mass is 9.95. The quantitative estimate of drug-likeness (QED) is 0.314. The minimum absolute atomic E-state index is 0.954. The molecule has 3 aromatic carbocycles. The average Bonchev–Trinajstić information content (AvgIpc) is 2.83. The topological polar surface area (TPSA) is 38.7 Å². The Morgan fingerprint density at radius 2 is 1.30 bits per heavy atom. The van der Waals surface area contributed by atoms with Crippen LogP contribution < -0.4 is 0 Å². The summed E-state index contributed by atoms with van der Waals surface area (Å²) in [5.41, 5.74) is 7.32. The van der Waals surface area contributed by atoms with E-state index in [1.807, 2.05) is 36.7 Å². The van der Waals surface area contributed by atoms with E-state index in [4.69, 9.17) is 4.98 Å². The van der Waals surface area contributed by atoms with Crippen LogP contribution in [-0.2, 0) is 0 Å². The number of nitrogens with zero attached hydrogens (tertiary/aromatic N) is 3. The molecule has 0 fully saturated rings. The van der Waals surface area contributed by atoms with Crippen LogP contribution in [0.3, 0.4) is 0 Å². The van der Waals surface area contributed by atoms with Crippen molar-refractivity contribution in [2.24, 2.45) is 0 Å². The van der Waals surface area contributed by atoms with Crippen molar-refractivity contribution in [3.63, 3.8) is 0 Å². The van der Waals surface area contributed by atoms with Crippen molar-refractivity contribution in [3.8, 4) is 22.4 Å². The van der Waals surface area contributed by atoms with Gasteiger partial charge in [0.25, 0.3) is 0 Å². The highest BCUT2D eigenvalue weighted by atomic mass is 14.7. The Kier molecular flexibility index (Phi) is 3.78. The maximum atomic E-state index is 5.04. The zero-order valence-electron chi connectivity index (χ0n) is 16.2. The molecule has 0 radical (unpaired) electrons. The normalized spacial score (nSPS) is 11.3. The molecule has 0 aliphatic heterocycles. The molecule has 0 saturated carbocycles. The Morgan fingerprint density at radius 3 is 2.20 bits per heavy atom. The maximum Gasteiger partial charge on any atom is 0.0723 e. The van der Waals surface area contributed by atoms with Crippen molar-refractivity contribution in [2.45, 2.75) is 0 Å². The average molecular weight is 383 g/mol. The second-order valence-corrected chi connectivity index (χ2v) is 7.36. The monoisotopic (exact) mass is 383 g/mol. The molecule has 0 amide bonds. The number of fused-ring (bicyclic) bond motifs is 4. The first-order valence-corrected chi connectivity index (χ1v) is 9.96. The summed E-state index contributed by atoms with van der Waals surface area (Å²) in [7, 11) is 0. The van der Waals surface area contributed by atoms with Crippen molar-refractivity contribution >= 4 is 32.7 Å². The molecule has 0 aliphatic rings. The van der Waals surface area contributed by atoms with Crippen LogP contribution in [0.5, 0.6) is 0 Å². The predicted octanol–water partition coefficient (Wildman–Crippen LogP) is 6.67. The molecule has 3 heterocycles. The molecule has 0 atom stereocenters. The predicted molar refractivity (Wildman–Crippen MR) is 123 cm³/mol. The molecule has 0 N–H and O–H groups in total. The van der Waals surface area contributed by atoms with Crippen molar-refractivity contribution in [3.05, 3.63) is 103 Å². The molecule has 0 bridgehead atoms. The lowest BCUT2D eigenvalue weighted by molar-refractivity contribution is 1.38. The SMILES string of the molecule is c1ccc(-c2cc(-c3ccc4ncccc4c3)nc3ccc4ncccc4c23)cc1. The van der Waals surface area contributed by atoms with E-state index >= 15 is 0 Å². The van der Waals surface area contributed by atoms with Crippen LogP contribution in [-0.4, -0.2) is 15.0 Å². The van der Waals surface area contributed by atoms with Gasteiger partial charge in [-0.2, -0.15) is 0 Å². The van der Waals surface area contributed by atoms with E-state index in [0.717, 1.165) is 44.0 Å². The molecular formula is C27H17N3. The minimum atomic E-state index is 0.954. The summed E-state index contributed by atoms with van der Waals surface area (Å²) < 4.78 is 0. The van der Waals surface area contributed by atoms with Gasteiger partial charge in [-0.05, 0) is 53.6 Å². The van der Waals surface area contributed by atoms with E-state index in [1.165, 1.54) is 11.1 Å². The van der Waals surface area contributed by atoms with Gasteiger partial charge in [-0.1, -0.05) is 48.5 Å². The fraction of sp³-hybridized carbons (Fsp3) is 0. The fourth-order valence-corrected chi connectivity index (χ4v) is 4.12. The molecule has 6 rings (SSSR count). The first kappa shape index (κ1) is 16.8.